The number of hydrogen-bond donors (Lipinski definition) is 3. The summed E-state index contributed by atoms with van der Waals surface area (Å²) in [5, 5.41) is 20.9. The summed E-state index contributed by atoms with van der Waals surface area (Å²) in [7, 11) is 1.47. The van der Waals surface area contributed by atoms with Crippen LogP contribution in [0.1, 0.15) is 74.6 Å². The van der Waals surface area contributed by atoms with Gasteiger partial charge in [-0.15, -0.1) is 5.10 Å². The lowest BCUT2D eigenvalue weighted by atomic mass is 9.88. The highest BCUT2D eigenvalue weighted by molar-refractivity contribution is 6.00. The lowest BCUT2D eigenvalue weighted by Crippen LogP contribution is -2.50. The molecule has 12 nitrogen and oxygen atoms in total. The van der Waals surface area contributed by atoms with Gasteiger partial charge in [0.25, 0.3) is 11.5 Å². The maximum absolute atomic E-state index is 13.7. The Bertz CT molecular complexity index is 1360. The Hall–Kier alpha value is -3.96. The van der Waals surface area contributed by atoms with E-state index < -0.39 is 12.1 Å². The molecule has 0 aliphatic heterocycles. The van der Waals surface area contributed by atoms with E-state index in [9.17, 15) is 14.4 Å². The second-order valence-corrected chi connectivity index (χ2v) is 10.5. The summed E-state index contributed by atoms with van der Waals surface area (Å²) >= 11 is 0. The molecule has 0 saturated heterocycles. The molecule has 202 valence electrons. The number of amides is 2. The van der Waals surface area contributed by atoms with Crippen LogP contribution in [0.5, 0.6) is 5.88 Å². The minimum Gasteiger partial charge on any atom is -0.480 e. The molecule has 0 spiro atoms. The number of H-pyrrole nitrogens is 1. The fourth-order valence-electron chi connectivity index (χ4n) is 5.14. The molecular formula is C26H34N8O4. The fourth-order valence-corrected chi connectivity index (χ4v) is 5.14. The highest BCUT2D eigenvalue weighted by Crippen LogP contribution is 2.51. The van der Waals surface area contributed by atoms with Crippen LogP contribution in [0.2, 0.25) is 0 Å². The van der Waals surface area contributed by atoms with Crippen molar-refractivity contribution in [1.29, 1.82) is 0 Å². The Morgan fingerprint density at radius 3 is 2.47 bits per heavy atom. The van der Waals surface area contributed by atoms with Gasteiger partial charge in [-0.2, -0.15) is 10.2 Å². The first kappa shape index (κ1) is 25.7. The van der Waals surface area contributed by atoms with Gasteiger partial charge in [0.1, 0.15) is 11.7 Å². The van der Waals surface area contributed by atoms with E-state index in [1.54, 1.807) is 33.9 Å². The molecule has 12 heteroatoms. The Balaban J connectivity index is 1.35. The van der Waals surface area contributed by atoms with Crippen molar-refractivity contribution >= 4 is 17.5 Å². The summed E-state index contributed by atoms with van der Waals surface area (Å²) in [6.45, 7) is 5.74. The molecule has 2 amide bonds. The third kappa shape index (κ3) is 5.34. The van der Waals surface area contributed by atoms with Crippen molar-refractivity contribution in [3.05, 3.63) is 52.3 Å². The molecule has 0 bridgehead atoms. The number of nitrogens with zero attached hydrogens (tertiary/aromatic N) is 5. The number of carbonyl (C=O) groups excluding carboxylic acids is 2. The van der Waals surface area contributed by atoms with Gasteiger partial charge in [-0.05, 0) is 70.3 Å². The third-order valence-corrected chi connectivity index (χ3v) is 7.41. The van der Waals surface area contributed by atoms with E-state index in [1.165, 1.54) is 13.3 Å². The van der Waals surface area contributed by atoms with Gasteiger partial charge in [0.2, 0.25) is 11.8 Å². The highest BCUT2D eigenvalue weighted by atomic mass is 16.5. The zero-order chi connectivity index (χ0) is 27.0. The number of carbonyl (C=O) groups is 2. The molecule has 0 aromatic carbocycles. The van der Waals surface area contributed by atoms with Crippen molar-refractivity contribution in [3.8, 4) is 5.88 Å². The van der Waals surface area contributed by atoms with Crippen LogP contribution in [-0.2, 0) is 4.79 Å². The standard InChI is InChI=1S/C26H34N8O4/c1-14(2)34-20(9-10-27-34)25(36)30-23(22(16-5-6-16)17-7-8-17)26(37)29-18-12-28-33(13-18)15(3)19-11-21(38-4)31-32-24(19)35/h9-17,22-23H,5-8H2,1-4H3,(H,29,37)(H,30,36)(H,32,35)/t15?,23-/m0/s1. The quantitative estimate of drug-likeness (QED) is 0.350. The molecule has 3 aromatic rings. The Labute approximate surface area is 220 Å². The molecule has 1 unspecified atom stereocenters. The highest BCUT2D eigenvalue weighted by Gasteiger charge is 2.48. The molecule has 0 radical (unpaired) electrons. The van der Waals surface area contributed by atoms with Crippen LogP contribution in [0, 0.1) is 17.8 Å². The molecule has 2 saturated carbocycles. The first-order valence-electron chi connectivity index (χ1n) is 13.1. The molecule has 2 fully saturated rings. The van der Waals surface area contributed by atoms with Crippen molar-refractivity contribution in [3.63, 3.8) is 0 Å². The van der Waals surface area contributed by atoms with Crippen LogP contribution >= 0.6 is 0 Å². The molecule has 5 rings (SSSR count). The van der Waals surface area contributed by atoms with Crippen molar-refractivity contribution in [2.45, 2.75) is 64.6 Å². The minimum absolute atomic E-state index is 0.0149. The number of aromatic nitrogens is 6. The largest absolute Gasteiger partial charge is 0.480 e. The summed E-state index contributed by atoms with van der Waals surface area (Å²) in [5.74, 6) is 0.669. The number of nitrogens with one attached hydrogen (secondary N) is 3. The van der Waals surface area contributed by atoms with Gasteiger partial charge in [-0.25, -0.2) is 5.10 Å². The Morgan fingerprint density at radius 1 is 1.13 bits per heavy atom. The average Bonchev–Trinajstić information content (AvgIpc) is 3.82. The van der Waals surface area contributed by atoms with Gasteiger partial charge >= 0.3 is 0 Å². The second kappa shape index (κ2) is 10.4. The number of hydrogen-bond acceptors (Lipinski definition) is 7. The van der Waals surface area contributed by atoms with E-state index in [0.717, 1.165) is 25.7 Å². The van der Waals surface area contributed by atoms with E-state index >= 15 is 0 Å². The predicted molar refractivity (Wildman–Crippen MR) is 139 cm³/mol. The number of anilines is 1. The summed E-state index contributed by atoms with van der Waals surface area (Å²) < 4.78 is 8.37. The van der Waals surface area contributed by atoms with Crippen LogP contribution in [0.15, 0.2) is 35.5 Å². The predicted octanol–water partition coefficient (Wildman–Crippen LogP) is 2.54. The van der Waals surface area contributed by atoms with E-state index in [0.29, 0.717) is 28.8 Å². The lowest BCUT2D eigenvalue weighted by molar-refractivity contribution is -0.119. The van der Waals surface area contributed by atoms with Crippen molar-refractivity contribution in [2.24, 2.45) is 17.8 Å². The number of rotatable bonds is 11. The van der Waals surface area contributed by atoms with Crippen molar-refractivity contribution in [1.82, 2.24) is 35.1 Å². The van der Waals surface area contributed by atoms with Crippen molar-refractivity contribution in [2.75, 3.05) is 12.4 Å². The van der Waals surface area contributed by atoms with Crippen molar-refractivity contribution < 1.29 is 14.3 Å². The molecule has 3 aromatic heterocycles. The van der Waals surface area contributed by atoms with Crippen LogP contribution in [0.3, 0.4) is 0 Å². The third-order valence-electron chi connectivity index (χ3n) is 7.41. The monoisotopic (exact) mass is 522 g/mol. The van der Waals surface area contributed by atoms with E-state index in [-0.39, 0.29) is 35.2 Å². The molecule has 38 heavy (non-hydrogen) atoms. The Morgan fingerprint density at radius 2 is 1.84 bits per heavy atom. The average molecular weight is 523 g/mol. The second-order valence-electron chi connectivity index (χ2n) is 10.5. The molecule has 2 aliphatic rings. The molecular weight excluding hydrogens is 488 g/mol. The summed E-state index contributed by atoms with van der Waals surface area (Å²) in [5.41, 5.74) is 0.991. The number of aromatic amines is 1. The number of ether oxygens (including phenoxy) is 1. The minimum atomic E-state index is -0.675. The summed E-state index contributed by atoms with van der Waals surface area (Å²) in [6, 6.07) is 2.15. The molecule has 2 aliphatic carbocycles. The maximum atomic E-state index is 13.7. The molecule has 3 heterocycles. The first-order chi connectivity index (χ1) is 18.3. The SMILES string of the molecule is COc1cc(C(C)n2cc(NC(=O)[C@@H](NC(=O)c3ccnn3C(C)C)C(C3CC3)C3CC3)cn2)c(=O)[nH]n1. The van der Waals surface area contributed by atoms with E-state index in [1.807, 2.05) is 20.8 Å². The van der Waals surface area contributed by atoms with E-state index in [2.05, 4.69) is 31.0 Å². The summed E-state index contributed by atoms with van der Waals surface area (Å²) in [6.07, 6.45) is 9.10. The topological polar surface area (TPSA) is 149 Å². The number of methoxy groups -OCH3 is 1. The Kier molecular flexibility index (Phi) is 7.04. The van der Waals surface area contributed by atoms with Crippen LogP contribution in [-0.4, -0.2) is 54.7 Å². The smallest absolute Gasteiger partial charge is 0.270 e. The summed E-state index contributed by atoms with van der Waals surface area (Å²) in [4.78, 5) is 39.3. The molecule has 3 N–H and O–H groups in total. The normalized spacial score (nSPS) is 16.9. The first-order valence-corrected chi connectivity index (χ1v) is 13.1. The van der Waals surface area contributed by atoms with E-state index in [4.69, 9.17) is 4.74 Å². The maximum Gasteiger partial charge on any atom is 0.270 e. The van der Waals surface area contributed by atoms with Crippen LogP contribution in [0.4, 0.5) is 5.69 Å². The van der Waals surface area contributed by atoms with Gasteiger partial charge in [0.05, 0.1) is 25.0 Å². The molecule has 2 atom stereocenters. The zero-order valence-corrected chi connectivity index (χ0v) is 22.0. The fraction of sp³-hybridized carbons (Fsp3) is 0.538. The zero-order valence-electron chi connectivity index (χ0n) is 22.0. The van der Waals surface area contributed by atoms with Gasteiger partial charge in [0.15, 0.2) is 0 Å². The lowest BCUT2D eigenvalue weighted by Gasteiger charge is -2.27. The van der Waals surface area contributed by atoms with Gasteiger partial charge in [-0.1, -0.05) is 0 Å². The van der Waals surface area contributed by atoms with Crippen LogP contribution < -0.4 is 20.9 Å². The van der Waals surface area contributed by atoms with Gasteiger partial charge in [0, 0.05) is 30.1 Å². The van der Waals surface area contributed by atoms with Gasteiger partial charge in [-0.3, -0.25) is 23.7 Å². The van der Waals surface area contributed by atoms with Gasteiger partial charge < -0.3 is 15.4 Å². The van der Waals surface area contributed by atoms with Crippen LogP contribution in [0.25, 0.3) is 0 Å².